The maximum atomic E-state index is 13.5. The lowest BCUT2D eigenvalue weighted by atomic mass is 9.99. The van der Waals surface area contributed by atoms with Gasteiger partial charge in [0.2, 0.25) is 0 Å². The average molecular weight is 678 g/mol. The third kappa shape index (κ3) is 7.30. The van der Waals surface area contributed by atoms with Crippen LogP contribution in [0.4, 0.5) is 5.69 Å². The highest BCUT2D eigenvalue weighted by molar-refractivity contribution is 7.93. The van der Waals surface area contributed by atoms with Crippen LogP contribution in [0.2, 0.25) is 5.02 Å². The molecule has 0 bridgehead atoms. The van der Waals surface area contributed by atoms with Crippen LogP contribution in [0.3, 0.4) is 0 Å². The van der Waals surface area contributed by atoms with E-state index in [4.69, 9.17) is 16.3 Å². The molecule has 0 unspecified atom stereocenters. The normalized spacial score (nSPS) is 11.9. The van der Waals surface area contributed by atoms with Crippen molar-refractivity contribution in [1.82, 2.24) is 10.3 Å². The molecule has 6 rings (SSSR count). The molecule has 0 saturated carbocycles. The van der Waals surface area contributed by atoms with Crippen LogP contribution in [0.5, 0.6) is 11.5 Å². The quantitative estimate of drug-likeness (QED) is 0.129. The van der Waals surface area contributed by atoms with Crippen molar-refractivity contribution in [1.29, 1.82) is 0 Å². The summed E-state index contributed by atoms with van der Waals surface area (Å²) in [6.45, 7) is 0. The van der Waals surface area contributed by atoms with Crippen molar-refractivity contribution in [3.63, 3.8) is 0 Å². The van der Waals surface area contributed by atoms with Crippen LogP contribution in [0.15, 0.2) is 138 Å². The van der Waals surface area contributed by atoms with Crippen LogP contribution in [0.1, 0.15) is 15.9 Å². The molecule has 11 heteroatoms. The van der Waals surface area contributed by atoms with Gasteiger partial charge in [0.15, 0.2) is 0 Å². The minimum Gasteiger partial charge on any atom is -0.480 e. The first kappa shape index (κ1) is 32.2. The molecule has 1 heterocycles. The summed E-state index contributed by atoms with van der Waals surface area (Å²) in [5.41, 5.74) is 2.41. The van der Waals surface area contributed by atoms with Gasteiger partial charge in [0.1, 0.15) is 22.4 Å². The second-order valence-electron chi connectivity index (χ2n) is 10.8. The summed E-state index contributed by atoms with van der Waals surface area (Å²) in [4.78, 5) is 29.9. The fourth-order valence-corrected chi connectivity index (χ4v) is 6.62. The number of anilines is 1. The smallest absolute Gasteiger partial charge is 0.326 e. The summed E-state index contributed by atoms with van der Waals surface area (Å²) in [5, 5.41) is 13.3. The second-order valence-corrected chi connectivity index (χ2v) is 12.9. The third-order valence-electron chi connectivity index (χ3n) is 7.52. The Kier molecular flexibility index (Phi) is 9.38. The predicted molar refractivity (Wildman–Crippen MR) is 185 cm³/mol. The van der Waals surface area contributed by atoms with Gasteiger partial charge >= 0.3 is 5.97 Å². The van der Waals surface area contributed by atoms with E-state index in [0.29, 0.717) is 22.4 Å². The highest BCUT2D eigenvalue weighted by Gasteiger charge is 2.26. The van der Waals surface area contributed by atoms with E-state index in [-0.39, 0.29) is 33.1 Å². The Bertz CT molecular complexity index is 2220. The number of aliphatic carboxylic acids is 1. The van der Waals surface area contributed by atoms with Crippen LogP contribution in [-0.2, 0) is 21.2 Å². The maximum absolute atomic E-state index is 13.5. The summed E-state index contributed by atoms with van der Waals surface area (Å²) in [6.07, 6.45) is 1.45. The van der Waals surface area contributed by atoms with Gasteiger partial charge in [-0.15, -0.1) is 0 Å². The molecule has 48 heavy (non-hydrogen) atoms. The SMILES string of the molecule is O=C(N[C@@H](Cc1ccc(-c2ccccc2Oc2ccccc2)cc1)C(=O)O)c1cc(Cl)ccc1NS(=O)(=O)c1cccc2cccnc12. The number of rotatable bonds is 11. The van der Waals surface area contributed by atoms with E-state index in [1.165, 1.54) is 30.5 Å². The number of carboxylic acids is 1. The number of hydrogen-bond donors (Lipinski definition) is 3. The standard InChI is InChI=1S/C37H28ClN3O6S/c38-27-19-20-31(41-48(45,46)34-14-6-8-26-9-7-21-39-35(26)34)30(23-27)36(42)40-32(37(43)44)22-24-15-17-25(18-16-24)29-12-4-5-13-33(29)47-28-10-2-1-3-11-28/h1-21,23,32,41H,22H2,(H,40,42)(H,43,44)/t32-/m0/s1. The number of benzene rings is 5. The molecule has 1 atom stereocenters. The molecule has 0 aliphatic rings. The number of aromatic nitrogens is 1. The number of sulfonamides is 1. The molecule has 3 N–H and O–H groups in total. The van der Waals surface area contributed by atoms with E-state index >= 15 is 0 Å². The lowest BCUT2D eigenvalue weighted by Gasteiger charge is -2.18. The topological polar surface area (TPSA) is 135 Å². The van der Waals surface area contributed by atoms with Gasteiger partial charge in [-0.1, -0.05) is 90.5 Å². The third-order valence-corrected chi connectivity index (χ3v) is 9.15. The maximum Gasteiger partial charge on any atom is 0.326 e. The Morgan fingerprint density at radius 3 is 2.33 bits per heavy atom. The zero-order chi connectivity index (χ0) is 33.7. The van der Waals surface area contributed by atoms with Crippen LogP contribution in [-0.4, -0.2) is 36.4 Å². The molecular weight excluding hydrogens is 650 g/mol. The van der Waals surface area contributed by atoms with Crippen molar-refractivity contribution in [3.8, 4) is 22.6 Å². The van der Waals surface area contributed by atoms with Crippen molar-refractivity contribution in [2.24, 2.45) is 0 Å². The van der Waals surface area contributed by atoms with E-state index in [2.05, 4.69) is 15.0 Å². The summed E-state index contributed by atoms with van der Waals surface area (Å²) in [5.74, 6) is -0.720. The second kappa shape index (κ2) is 14.0. The molecule has 9 nitrogen and oxygen atoms in total. The number of fused-ring (bicyclic) bond motifs is 1. The highest BCUT2D eigenvalue weighted by Crippen LogP contribution is 2.33. The first-order valence-electron chi connectivity index (χ1n) is 14.8. The minimum atomic E-state index is -4.21. The predicted octanol–water partition coefficient (Wildman–Crippen LogP) is 7.57. The van der Waals surface area contributed by atoms with Gasteiger partial charge < -0.3 is 15.2 Å². The number of carbonyl (C=O) groups is 2. The van der Waals surface area contributed by atoms with Gasteiger partial charge in [-0.25, -0.2) is 13.2 Å². The number of nitrogens with one attached hydrogen (secondary N) is 2. The number of amides is 1. The number of pyridine rings is 1. The molecule has 6 aromatic rings. The van der Waals surface area contributed by atoms with Crippen molar-refractivity contribution in [2.45, 2.75) is 17.4 Å². The van der Waals surface area contributed by atoms with Gasteiger partial charge in [0.05, 0.1) is 16.8 Å². The number of ether oxygens (including phenoxy) is 1. The van der Waals surface area contributed by atoms with Gasteiger partial charge in [0, 0.05) is 28.6 Å². The Morgan fingerprint density at radius 1 is 0.833 bits per heavy atom. The highest BCUT2D eigenvalue weighted by atomic mass is 35.5. The molecule has 1 aromatic heterocycles. The van der Waals surface area contributed by atoms with Crippen LogP contribution < -0.4 is 14.8 Å². The molecule has 5 aromatic carbocycles. The summed E-state index contributed by atoms with van der Waals surface area (Å²) in [7, 11) is -4.21. The zero-order valence-electron chi connectivity index (χ0n) is 25.2. The van der Waals surface area contributed by atoms with Gasteiger partial charge in [0.25, 0.3) is 15.9 Å². The molecule has 0 fully saturated rings. The van der Waals surface area contributed by atoms with Crippen molar-refractivity contribution in [2.75, 3.05) is 4.72 Å². The van der Waals surface area contributed by atoms with E-state index in [0.717, 1.165) is 11.1 Å². The lowest BCUT2D eigenvalue weighted by Crippen LogP contribution is -2.42. The lowest BCUT2D eigenvalue weighted by molar-refractivity contribution is -0.139. The van der Waals surface area contributed by atoms with E-state index < -0.39 is 27.9 Å². The number of carbonyl (C=O) groups excluding carboxylic acids is 1. The number of halogens is 1. The van der Waals surface area contributed by atoms with Gasteiger partial charge in [-0.2, -0.15) is 0 Å². The van der Waals surface area contributed by atoms with Crippen LogP contribution in [0.25, 0.3) is 22.0 Å². The van der Waals surface area contributed by atoms with Gasteiger partial charge in [-0.05, 0) is 59.7 Å². The Labute approximate surface area is 281 Å². The van der Waals surface area contributed by atoms with Crippen LogP contribution in [0, 0.1) is 0 Å². The van der Waals surface area contributed by atoms with Crippen molar-refractivity contribution < 1.29 is 27.9 Å². The largest absolute Gasteiger partial charge is 0.480 e. The number of nitrogens with zero attached hydrogens (tertiary/aromatic N) is 1. The first-order chi connectivity index (χ1) is 23.2. The Balaban J connectivity index is 1.20. The van der Waals surface area contributed by atoms with Crippen molar-refractivity contribution in [3.05, 3.63) is 150 Å². The fraction of sp³-hybridized carbons (Fsp3) is 0.0541. The number of carboxylic acid groups (broad SMARTS) is 1. The molecule has 0 aliphatic heterocycles. The average Bonchev–Trinajstić information content (AvgIpc) is 3.09. The molecule has 0 aliphatic carbocycles. The minimum absolute atomic E-state index is 0.0349. The number of para-hydroxylation sites is 3. The Morgan fingerprint density at radius 2 is 1.56 bits per heavy atom. The summed E-state index contributed by atoms with van der Waals surface area (Å²) >= 11 is 6.19. The Hall–Kier alpha value is -5.71. The monoisotopic (exact) mass is 677 g/mol. The van der Waals surface area contributed by atoms with Gasteiger partial charge in [-0.3, -0.25) is 14.5 Å². The molecule has 240 valence electrons. The fourth-order valence-electron chi connectivity index (χ4n) is 5.19. The van der Waals surface area contributed by atoms with E-state index in [1.807, 2.05) is 66.7 Å². The summed E-state index contributed by atoms with van der Waals surface area (Å²) in [6, 6.07) is 35.2. The molecule has 1 amide bonds. The molecule has 0 saturated heterocycles. The van der Waals surface area contributed by atoms with E-state index in [9.17, 15) is 23.1 Å². The molecule has 0 radical (unpaired) electrons. The number of hydrogen-bond acceptors (Lipinski definition) is 6. The first-order valence-corrected chi connectivity index (χ1v) is 16.6. The molecule has 0 spiro atoms. The summed E-state index contributed by atoms with van der Waals surface area (Å²) < 4.78 is 35.5. The molecular formula is C37H28ClN3O6S. The van der Waals surface area contributed by atoms with Crippen LogP contribution >= 0.6 is 11.6 Å². The zero-order valence-corrected chi connectivity index (χ0v) is 26.8. The van der Waals surface area contributed by atoms with E-state index in [1.54, 1.807) is 36.4 Å². The van der Waals surface area contributed by atoms with Crippen molar-refractivity contribution >= 4 is 50.1 Å².